The Morgan fingerprint density at radius 3 is 2.36 bits per heavy atom. The van der Waals surface area contributed by atoms with Crippen LogP contribution in [0.3, 0.4) is 0 Å². The summed E-state index contributed by atoms with van der Waals surface area (Å²) in [5, 5.41) is 0. The molecule has 0 aromatic carbocycles. The van der Waals surface area contributed by atoms with Crippen molar-refractivity contribution in [2.45, 2.75) is 71.3 Å². The summed E-state index contributed by atoms with van der Waals surface area (Å²) in [5.41, 5.74) is -0.290. The van der Waals surface area contributed by atoms with Crippen molar-refractivity contribution >= 4 is 11.9 Å². The summed E-state index contributed by atoms with van der Waals surface area (Å²) in [7, 11) is 0. The summed E-state index contributed by atoms with van der Waals surface area (Å²) in [6.07, 6.45) is 6.96. The normalized spacial score (nSPS) is 18.5. The highest BCUT2D eigenvalue weighted by Crippen LogP contribution is 2.34. The molecule has 0 radical (unpaired) electrons. The Labute approximate surface area is 133 Å². The molecule has 1 saturated carbocycles. The van der Waals surface area contributed by atoms with Crippen molar-refractivity contribution in [2.24, 2.45) is 5.92 Å². The molecule has 1 rings (SSSR count). The van der Waals surface area contributed by atoms with Gasteiger partial charge in [-0.2, -0.15) is 0 Å². The van der Waals surface area contributed by atoms with Crippen LogP contribution < -0.4 is 0 Å². The van der Waals surface area contributed by atoms with Gasteiger partial charge in [-0.3, -0.25) is 4.79 Å². The first-order valence-corrected chi connectivity index (χ1v) is 8.49. The summed E-state index contributed by atoms with van der Waals surface area (Å²) in [4.78, 5) is 23.3. The second-order valence-electron chi connectivity index (χ2n) is 6.10. The minimum absolute atomic E-state index is 0.0807. The fourth-order valence-electron chi connectivity index (χ4n) is 2.66. The molecule has 0 aromatic rings. The van der Waals surface area contributed by atoms with Crippen molar-refractivity contribution in [1.82, 2.24) is 0 Å². The largest absolute Gasteiger partial charge is 0.463 e. The number of carbonyl (C=O) groups is 2. The maximum Gasteiger partial charge on any atom is 0.332 e. The van der Waals surface area contributed by atoms with Crippen LogP contribution in [0, 0.1) is 5.92 Å². The minimum atomic E-state index is -0.322. The Morgan fingerprint density at radius 1 is 1.09 bits per heavy atom. The van der Waals surface area contributed by atoms with Gasteiger partial charge in [-0.1, -0.05) is 27.2 Å². The van der Waals surface area contributed by atoms with Crippen LogP contribution in [0.2, 0.25) is 0 Å². The zero-order chi connectivity index (χ0) is 16.4. The van der Waals surface area contributed by atoms with Crippen molar-refractivity contribution in [3.63, 3.8) is 0 Å². The number of ether oxygens (including phenoxy) is 3. The number of rotatable bonds is 9. The highest BCUT2D eigenvalue weighted by Gasteiger charge is 2.33. The summed E-state index contributed by atoms with van der Waals surface area (Å²) in [6.45, 7) is 6.14. The van der Waals surface area contributed by atoms with Crippen LogP contribution in [0.15, 0.2) is 0 Å². The fourth-order valence-corrected chi connectivity index (χ4v) is 2.66. The van der Waals surface area contributed by atoms with E-state index in [0.29, 0.717) is 0 Å². The predicted molar refractivity (Wildman–Crippen MR) is 83.4 cm³/mol. The first kappa shape index (κ1) is 18.9. The zero-order valence-electron chi connectivity index (χ0n) is 14.2. The molecule has 1 atom stereocenters. The third kappa shape index (κ3) is 6.34. The van der Waals surface area contributed by atoms with Crippen molar-refractivity contribution in [3.05, 3.63) is 0 Å². The van der Waals surface area contributed by atoms with Crippen LogP contribution in [-0.2, 0) is 23.8 Å². The summed E-state index contributed by atoms with van der Waals surface area (Å²) in [5.74, 6) is -0.640. The van der Waals surface area contributed by atoms with Crippen LogP contribution in [0.1, 0.15) is 65.7 Å². The van der Waals surface area contributed by atoms with Crippen molar-refractivity contribution in [1.29, 1.82) is 0 Å². The Bertz CT molecular complexity index is 347. The maximum absolute atomic E-state index is 11.9. The zero-order valence-corrected chi connectivity index (χ0v) is 14.2. The monoisotopic (exact) mass is 314 g/mol. The quantitative estimate of drug-likeness (QED) is 0.483. The molecule has 0 bridgehead atoms. The van der Waals surface area contributed by atoms with Gasteiger partial charge in [0.25, 0.3) is 0 Å². The number of esters is 2. The Kier molecular flexibility index (Phi) is 8.46. The molecule has 5 heteroatoms. The predicted octanol–water partition coefficient (Wildman–Crippen LogP) is 3.25. The SMILES string of the molecule is CCC(C)C(=O)OCCOCC(=O)OC1(CC)CCCCC1. The smallest absolute Gasteiger partial charge is 0.332 e. The molecule has 1 aliphatic carbocycles. The van der Waals surface area contributed by atoms with Gasteiger partial charge in [0.05, 0.1) is 12.5 Å². The molecule has 0 heterocycles. The second-order valence-corrected chi connectivity index (χ2v) is 6.10. The third-order valence-corrected chi connectivity index (χ3v) is 4.45. The molecule has 0 aliphatic heterocycles. The van der Waals surface area contributed by atoms with E-state index in [-0.39, 0.29) is 43.3 Å². The summed E-state index contributed by atoms with van der Waals surface area (Å²) in [6, 6.07) is 0. The van der Waals surface area contributed by atoms with E-state index in [1.54, 1.807) is 0 Å². The molecular weight excluding hydrogens is 284 g/mol. The lowest BCUT2D eigenvalue weighted by Gasteiger charge is -2.35. The van der Waals surface area contributed by atoms with Gasteiger partial charge in [-0.15, -0.1) is 0 Å². The van der Waals surface area contributed by atoms with Gasteiger partial charge in [0.15, 0.2) is 0 Å². The number of carbonyl (C=O) groups excluding carboxylic acids is 2. The molecule has 0 spiro atoms. The van der Waals surface area contributed by atoms with Crippen LogP contribution >= 0.6 is 0 Å². The average Bonchev–Trinajstić information content (AvgIpc) is 2.54. The molecule has 22 heavy (non-hydrogen) atoms. The van der Waals surface area contributed by atoms with Crippen LogP contribution in [0.4, 0.5) is 0 Å². The number of hydrogen-bond donors (Lipinski definition) is 0. The first-order chi connectivity index (χ1) is 10.5. The number of hydrogen-bond acceptors (Lipinski definition) is 5. The van der Waals surface area contributed by atoms with E-state index in [2.05, 4.69) is 6.92 Å². The van der Waals surface area contributed by atoms with Gasteiger partial charge >= 0.3 is 11.9 Å². The molecule has 1 fully saturated rings. The molecule has 128 valence electrons. The van der Waals surface area contributed by atoms with Gasteiger partial charge in [-0.25, -0.2) is 4.79 Å². The Hall–Kier alpha value is -1.10. The molecule has 1 aliphatic rings. The van der Waals surface area contributed by atoms with Crippen LogP contribution in [0.5, 0.6) is 0 Å². The highest BCUT2D eigenvalue weighted by molar-refractivity contribution is 5.72. The Morgan fingerprint density at radius 2 is 1.77 bits per heavy atom. The van der Waals surface area contributed by atoms with E-state index in [9.17, 15) is 9.59 Å². The van der Waals surface area contributed by atoms with E-state index in [1.807, 2.05) is 13.8 Å². The molecule has 0 saturated heterocycles. The molecule has 1 unspecified atom stereocenters. The summed E-state index contributed by atoms with van der Waals surface area (Å²) >= 11 is 0. The van der Waals surface area contributed by atoms with Gasteiger partial charge < -0.3 is 14.2 Å². The average molecular weight is 314 g/mol. The van der Waals surface area contributed by atoms with Crippen molar-refractivity contribution in [3.8, 4) is 0 Å². The van der Waals surface area contributed by atoms with E-state index < -0.39 is 0 Å². The lowest BCUT2D eigenvalue weighted by Crippen LogP contribution is -2.37. The van der Waals surface area contributed by atoms with Gasteiger partial charge in [-0.05, 0) is 38.5 Å². The van der Waals surface area contributed by atoms with Crippen molar-refractivity contribution in [2.75, 3.05) is 19.8 Å². The highest BCUT2D eigenvalue weighted by atomic mass is 16.6. The molecule has 0 amide bonds. The lowest BCUT2D eigenvalue weighted by atomic mass is 9.83. The maximum atomic E-state index is 11.9. The van der Waals surface area contributed by atoms with E-state index in [1.165, 1.54) is 6.42 Å². The van der Waals surface area contributed by atoms with Gasteiger partial charge in [0, 0.05) is 0 Å². The lowest BCUT2D eigenvalue weighted by molar-refractivity contribution is -0.169. The molecule has 0 N–H and O–H groups in total. The first-order valence-electron chi connectivity index (χ1n) is 8.49. The van der Waals surface area contributed by atoms with E-state index in [0.717, 1.165) is 38.5 Å². The second kappa shape index (κ2) is 9.82. The topological polar surface area (TPSA) is 61.8 Å². The van der Waals surface area contributed by atoms with Crippen LogP contribution in [-0.4, -0.2) is 37.4 Å². The van der Waals surface area contributed by atoms with Gasteiger partial charge in [0.1, 0.15) is 18.8 Å². The fraction of sp³-hybridized carbons (Fsp3) is 0.882. The molecule has 5 nitrogen and oxygen atoms in total. The summed E-state index contributed by atoms with van der Waals surface area (Å²) < 4.78 is 15.9. The standard InChI is InChI=1S/C17H30O5/c1-4-14(3)16(19)21-12-11-20-13-15(18)22-17(5-2)9-7-6-8-10-17/h14H,4-13H2,1-3H3. The Balaban J connectivity index is 2.16. The molecular formula is C17H30O5. The van der Waals surface area contributed by atoms with Gasteiger partial charge in [0.2, 0.25) is 0 Å². The minimum Gasteiger partial charge on any atom is -0.463 e. The van der Waals surface area contributed by atoms with E-state index in [4.69, 9.17) is 14.2 Å². The van der Waals surface area contributed by atoms with Crippen molar-refractivity contribution < 1.29 is 23.8 Å². The van der Waals surface area contributed by atoms with Crippen LogP contribution in [0.25, 0.3) is 0 Å². The van der Waals surface area contributed by atoms with E-state index >= 15 is 0 Å². The third-order valence-electron chi connectivity index (χ3n) is 4.45. The molecule has 0 aromatic heterocycles.